The zero-order valence-corrected chi connectivity index (χ0v) is 11.5. The maximum atomic E-state index is 13.0. The maximum Gasteiger partial charge on any atom is 0.237 e. The summed E-state index contributed by atoms with van der Waals surface area (Å²) in [7, 11) is -2.69. The van der Waals surface area contributed by atoms with Crippen LogP contribution in [0.15, 0.2) is 23.1 Å². The number of nitrogens with zero attached hydrogens (tertiary/aromatic N) is 2. The molecule has 0 heterocycles. The molecule has 5 nitrogen and oxygen atoms in total. The Hall–Kier alpha value is -2.01. The summed E-state index contributed by atoms with van der Waals surface area (Å²) < 4.78 is 49.5. The molecule has 0 saturated heterocycles. The average Bonchev–Trinajstić information content (AvgIpc) is 2.38. The van der Waals surface area contributed by atoms with Crippen LogP contribution in [0.5, 0.6) is 0 Å². The summed E-state index contributed by atoms with van der Waals surface area (Å²) in [6, 6.07) is 3.95. The predicted molar refractivity (Wildman–Crippen MR) is 66.3 cm³/mol. The minimum Gasteiger partial charge on any atom is -0.344 e. The number of amides is 1. The van der Waals surface area contributed by atoms with E-state index in [1.54, 1.807) is 0 Å². The minimum atomic E-state index is -4.05. The number of halogens is 2. The van der Waals surface area contributed by atoms with Crippen molar-refractivity contribution in [2.75, 3.05) is 19.3 Å². The van der Waals surface area contributed by atoms with Gasteiger partial charge >= 0.3 is 0 Å². The van der Waals surface area contributed by atoms with Gasteiger partial charge in [0.15, 0.2) is 21.5 Å². The summed E-state index contributed by atoms with van der Waals surface area (Å²) in [5, 5.41) is 8.38. The van der Waals surface area contributed by atoms with E-state index in [9.17, 15) is 22.0 Å². The van der Waals surface area contributed by atoms with Gasteiger partial charge in [-0.05, 0) is 18.2 Å². The minimum absolute atomic E-state index is 0.0768. The molecule has 0 aliphatic rings. The van der Waals surface area contributed by atoms with Crippen molar-refractivity contribution >= 4 is 15.7 Å². The van der Waals surface area contributed by atoms with E-state index in [1.165, 1.54) is 7.05 Å². The van der Waals surface area contributed by atoms with Gasteiger partial charge in [0.2, 0.25) is 5.91 Å². The Bertz CT molecular complexity index is 653. The number of carbonyl (C=O) groups excluding carboxylic acids is 1. The van der Waals surface area contributed by atoms with Crippen molar-refractivity contribution in [1.82, 2.24) is 4.90 Å². The molecule has 1 rings (SSSR count). The number of carbonyl (C=O) groups is 1. The summed E-state index contributed by atoms with van der Waals surface area (Å²) >= 11 is 0. The Kier molecular flexibility index (Phi) is 5.16. The van der Waals surface area contributed by atoms with Crippen molar-refractivity contribution in [3.05, 3.63) is 29.8 Å². The lowest BCUT2D eigenvalue weighted by Crippen LogP contribution is -2.33. The molecule has 0 unspecified atom stereocenters. The lowest BCUT2D eigenvalue weighted by molar-refractivity contribution is -0.127. The van der Waals surface area contributed by atoms with Crippen molar-refractivity contribution in [3.8, 4) is 6.07 Å². The van der Waals surface area contributed by atoms with Gasteiger partial charge in [-0.2, -0.15) is 5.26 Å². The van der Waals surface area contributed by atoms with Crippen LogP contribution < -0.4 is 0 Å². The molecular formula is C12H12F2N2O3S. The molecule has 1 aromatic carbocycles. The normalized spacial score (nSPS) is 10.9. The van der Waals surface area contributed by atoms with Crippen LogP contribution in [0.2, 0.25) is 0 Å². The summed E-state index contributed by atoms with van der Waals surface area (Å²) in [5.41, 5.74) is 0. The van der Waals surface area contributed by atoms with Crippen molar-refractivity contribution in [3.63, 3.8) is 0 Å². The predicted octanol–water partition coefficient (Wildman–Crippen LogP) is 1.11. The first-order chi connectivity index (χ1) is 9.27. The second-order valence-corrected chi connectivity index (χ2v) is 6.05. The van der Waals surface area contributed by atoms with Crippen molar-refractivity contribution in [1.29, 1.82) is 5.26 Å². The fraction of sp³-hybridized carbons (Fsp3) is 0.333. The van der Waals surface area contributed by atoms with Crippen LogP contribution in [0.1, 0.15) is 6.42 Å². The fourth-order valence-electron chi connectivity index (χ4n) is 1.37. The first-order valence-electron chi connectivity index (χ1n) is 5.56. The molecule has 0 N–H and O–H groups in total. The molecule has 0 saturated carbocycles. The maximum absolute atomic E-state index is 13.0. The van der Waals surface area contributed by atoms with Gasteiger partial charge in [0.25, 0.3) is 0 Å². The Balaban J connectivity index is 2.87. The largest absolute Gasteiger partial charge is 0.344 e. The lowest BCUT2D eigenvalue weighted by atomic mass is 10.3. The van der Waals surface area contributed by atoms with E-state index in [1.807, 2.05) is 6.07 Å². The highest BCUT2D eigenvalue weighted by molar-refractivity contribution is 7.92. The van der Waals surface area contributed by atoms with Crippen molar-refractivity contribution in [2.45, 2.75) is 11.3 Å². The SMILES string of the molecule is CN(CCC#N)C(=O)CS(=O)(=O)c1ccc(F)c(F)c1. The molecule has 1 aromatic rings. The summed E-state index contributed by atoms with van der Waals surface area (Å²) in [5.74, 6) is -4.04. The van der Waals surface area contributed by atoms with Crippen LogP contribution in [0.4, 0.5) is 8.78 Å². The van der Waals surface area contributed by atoms with E-state index in [0.29, 0.717) is 12.1 Å². The van der Waals surface area contributed by atoms with E-state index >= 15 is 0 Å². The number of sulfone groups is 1. The smallest absolute Gasteiger partial charge is 0.237 e. The van der Waals surface area contributed by atoms with Crippen LogP contribution >= 0.6 is 0 Å². The fourth-order valence-corrected chi connectivity index (χ4v) is 2.64. The Labute approximate surface area is 115 Å². The van der Waals surface area contributed by atoms with Gasteiger partial charge < -0.3 is 4.90 Å². The zero-order chi connectivity index (χ0) is 15.3. The first-order valence-corrected chi connectivity index (χ1v) is 7.22. The van der Waals surface area contributed by atoms with Gasteiger partial charge in [-0.15, -0.1) is 0 Å². The molecule has 0 bridgehead atoms. The molecule has 0 aromatic heterocycles. The first kappa shape index (κ1) is 16.0. The van der Waals surface area contributed by atoms with Crippen molar-refractivity contribution < 1.29 is 22.0 Å². The van der Waals surface area contributed by atoms with Crippen molar-refractivity contribution in [2.24, 2.45) is 0 Å². The highest BCUT2D eigenvalue weighted by Gasteiger charge is 2.22. The number of nitriles is 1. The highest BCUT2D eigenvalue weighted by atomic mass is 32.2. The van der Waals surface area contributed by atoms with Gasteiger partial charge in [0.1, 0.15) is 5.75 Å². The van der Waals surface area contributed by atoms with E-state index in [-0.39, 0.29) is 13.0 Å². The topological polar surface area (TPSA) is 78.2 Å². The molecule has 0 fully saturated rings. The molecule has 20 heavy (non-hydrogen) atoms. The Morgan fingerprint density at radius 2 is 2.00 bits per heavy atom. The molecule has 0 aliphatic carbocycles. The summed E-state index contributed by atoms with van der Waals surface area (Å²) in [6.45, 7) is 0.0998. The molecule has 0 aliphatic heterocycles. The lowest BCUT2D eigenvalue weighted by Gasteiger charge is -2.15. The average molecular weight is 302 g/mol. The standard InChI is InChI=1S/C12H12F2N2O3S/c1-16(6-2-5-15)12(17)8-20(18,19)9-3-4-10(13)11(14)7-9/h3-4,7H,2,6,8H2,1H3. The number of hydrogen-bond acceptors (Lipinski definition) is 4. The third kappa shape index (κ3) is 3.99. The van der Waals surface area contributed by atoms with Crippen LogP contribution in [-0.2, 0) is 14.6 Å². The van der Waals surface area contributed by atoms with Crippen LogP contribution in [0, 0.1) is 23.0 Å². The van der Waals surface area contributed by atoms with E-state index in [2.05, 4.69) is 0 Å². The number of benzene rings is 1. The third-order valence-electron chi connectivity index (χ3n) is 2.55. The van der Waals surface area contributed by atoms with Gasteiger partial charge in [-0.1, -0.05) is 0 Å². The molecular weight excluding hydrogens is 290 g/mol. The number of rotatable bonds is 5. The monoisotopic (exact) mass is 302 g/mol. The highest BCUT2D eigenvalue weighted by Crippen LogP contribution is 2.15. The quantitative estimate of drug-likeness (QED) is 0.763. The number of hydrogen-bond donors (Lipinski definition) is 0. The molecule has 1 amide bonds. The van der Waals surface area contributed by atoms with Gasteiger partial charge in [-0.3, -0.25) is 4.79 Å². The Morgan fingerprint density at radius 1 is 1.35 bits per heavy atom. The molecule has 0 spiro atoms. The van der Waals surface area contributed by atoms with E-state index < -0.39 is 38.0 Å². The summed E-state index contributed by atoms with van der Waals surface area (Å²) in [6.07, 6.45) is 0.0768. The van der Waals surface area contributed by atoms with Crippen LogP contribution in [0.25, 0.3) is 0 Å². The second kappa shape index (κ2) is 6.43. The summed E-state index contributed by atoms with van der Waals surface area (Å²) in [4.78, 5) is 12.3. The van der Waals surface area contributed by atoms with Gasteiger partial charge in [0.05, 0.1) is 17.4 Å². The third-order valence-corrected chi connectivity index (χ3v) is 4.15. The second-order valence-electron chi connectivity index (χ2n) is 4.06. The zero-order valence-electron chi connectivity index (χ0n) is 10.6. The van der Waals surface area contributed by atoms with Gasteiger partial charge in [0, 0.05) is 13.6 Å². The molecule has 8 heteroatoms. The van der Waals surface area contributed by atoms with E-state index in [4.69, 9.17) is 5.26 Å². The molecule has 0 atom stereocenters. The van der Waals surface area contributed by atoms with Crippen LogP contribution in [0.3, 0.4) is 0 Å². The molecule has 0 radical (unpaired) electrons. The molecule has 108 valence electrons. The van der Waals surface area contributed by atoms with Gasteiger partial charge in [-0.25, -0.2) is 17.2 Å². The Morgan fingerprint density at radius 3 is 2.55 bits per heavy atom. The van der Waals surface area contributed by atoms with E-state index in [0.717, 1.165) is 11.0 Å². The van der Waals surface area contributed by atoms with Crippen LogP contribution in [-0.4, -0.2) is 38.6 Å².